The molecule has 2 N–H and O–H groups in total. The predicted octanol–water partition coefficient (Wildman–Crippen LogP) is 3.96. The van der Waals surface area contributed by atoms with Gasteiger partial charge in [-0.1, -0.05) is 23.7 Å². The highest BCUT2D eigenvalue weighted by Crippen LogP contribution is 2.16. The van der Waals surface area contributed by atoms with Crippen LogP contribution < -0.4 is 10.6 Å². The average molecular weight is 477 g/mol. The molecule has 0 aromatic heterocycles. The number of rotatable bonds is 10. The van der Waals surface area contributed by atoms with Crippen molar-refractivity contribution in [2.75, 3.05) is 17.3 Å². The molecule has 2 atom stereocenters. The van der Waals surface area contributed by atoms with E-state index in [1.54, 1.807) is 48.5 Å². The summed E-state index contributed by atoms with van der Waals surface area (Å²) < 4.78 is 5.31. The minimum atomic E-state index is -1.09. The molecule has 0 spiro atoms. The molecule has 0 fully saturated rings. The predicted molar refractivity (Wildman–Crippen MR) is 126 cm³/mol. The largest absolute Gasteiger partial charge is 0.451 e. The Morgan fingerprint density at radius 1 is 1.06 bits per heavy atom. The van der Waals surface area contributed by atoms with E-state index in [0.29, 0.717) is 23.4 Å². The lowest BCUT2D eigenvalue weighted by Gasteiger charge is -2.20. The summed E-state index contributed by atoms with van der Waals surface area (Å²) in [4.78, 5) is 49.0. The lowest BCUT2D eigenvalue weighted by molar-refractivity contribution is -0.155. The van der Waals surface area contributed by atoms with E-state index in [-0.39, 0.29) is 16.4 Å². The molecule has 0 aliphatic heterocycles. The van der Waals surface area contributed by atoms with E-state index in [1.807, 2.05) is 6.26 Å². The normalized spacial score (nSPS) is 12.4. The molecule has 2 rings (SSSR count). The maximum atomic E-state index is 12.7. The standard InChI is InChI=1S/C23H25ClN2O5S/c1-14(27)16-8-10-17(11-9-16)25-21(28)15(2)31-23(30)20(12-13-32-3)26-22(29)18-6-4-5-7-19(18)24/h4-11,15,20H,12-13H2,1-3H3,(H,25,28)(H,26,29). The number of halogens is 1. The summed E-state index contributed by atoms with van der Waals surface area (Å²) >= 11 is 7.58. The highest BCUT2D eigenvalue weighted by atomic mass is 35.5. The molecular formula is C23H25ClN2O5S. The fourth-order valence-electron chi connectivity index (χ4n) is 2.71. The van der Waals surface area contributed by atoms with Gasteiger partial charge in [-0.2, -0.15) is 11.8 Å². The van der Waals surface area contributed by atoms with Crippen molar-refractivity contribution in [3.05, 3.63) is 64.7 Å². The van der Waals surface area contributed by atoms with Crippen molar-refractivity contribution < 1.29 is 23.9 Å². The van der Waals surface area contributed by atoms with Crippen molar-refractivity contribution in [3.8, 4) is 0 Å². The van der Waals surface area contributed by atoms with Crippen LogP contribution in [0.5, 0.6) is 0 Å². The number of hydrogen-bond donors (Lipinski definition) is 2. The second-order valence-electron chi connectivity index (χ2n) is 6.99. The minimum absolute atomic E-state index is 0.0831. The summed E-state index contributed by atoms with van der Waals surface area (Å²) in [5.74, 6) is -1.23. The Hall–Kier alpha value is -2.84. The number of anilines is 1. The second-order valence-corrected chi connectivity index (χ2v) is 8.38. The molecule has 32 heavy (non-hydrogen) atoms. The Morgan fingerprint density at radius 3 is 2.31 bits per heavy atom. The molecule has 2 amide bonds. The Kier molecular flexibility index (Phi) is 9.74. The van der Waals surface area contributed by atoms with Crippen LogP contribution in [0.4, 0.5) is 5.69 Å². The summed E-state index contributed by atoms with van der Waals surface area (Å²) in [5.41, 5.74) is 1.23. The first kappa shape index (κ1) is 25.4. The van der Waals surface area contributed by atoms with E-state index in [4.69, 9.17) is 16.3 Å². The maximum absolute atomic E-state index is 12.7. The van der Waals surface area contributed by atoms with Crippen LogP contribution in [0.2, 0.25) is 5.02 Å². The van der Waals surface area contributed by atoms with Gasteiger partial charge in [-0.25, -0.2) is 4.79 Å². The van der Waals surface area contributed by atoms with Gasteiger partial charge in [0.15, 0.2) is 11.9 Å². The molecule has 170 valence electrons. The van der Waals surface area contributed by atoms with Gasteiger partial charge in [0.1, 0.15) is 6.04 Å². The number of nitrogens with one attached hydrogen (secondary N) is 2. The van der Waals surface area contributed by atoms with Crippen LogP contribution in [0.1, 0.15) is 41.0 Å². The van der Waals surface area contributed by atoms with Crippen LogP contribution in [0, 0.1) is 0 Å². The zero-order chi connectivity index (χ0) is 23.7. The molecule has 0 aliphatic rings. The highest BCUT2D eigenvalue weighted by Gasteiger charge is 2.27. The SMILES string of the molecule is CSCCC(NC(=O)c1ccccc1Cl)C(=O)OC(C)C(=O)Nc1ccc(C(C)=O)cc1. The zero-order valence-electron chi connectivity index (χ0n) is 18.0. The molecule has 0 saturated heterocycles. The summed E-state index contributed by atoms with van der Waals surface area (Å²) in [6.07, 6.45) is 1.12. The van der Waals surface area contributed by atoms with Gasteiger partial charge in [-0.3, -0.25) is 14.4 Å². The lowest BCUT2D eigenvalue weighted by atomic mass is 10.1. The fraction of sp³-hybridized carbons (Fsp3) is 0.304. The number of amides is 2. The Labute approximate surface area is 196 Å². The Bertz CT molecular complexity index is 981. The third-order valence-electron chi connectivity index (χ3n) is 4.54. The van der Waals surface area contributed by atoms with Crippen LogP contribution in [0.3, 0.4) is 0 Å². The van der Waals surface area contributed by atoms with Gasteiger partial charge in [0.05, 0.1) is 10.6 Å². The summed E-state index contributed by atoms with van der Waals surface area (Å²) in [7, 11) is 0. The van der Waals surface area contributed by atoms with Gasteiger partial charge in [-0.05, 0) is 68.7 Å². The van der Waals surface area contributed by atoms with Crippen molar-refractivity contribution in [2.45, 2.75) is 32.4 Å². The molecule has 2 aromatic rings. The van der Waals surface area contributed by atoms with Gasteiger partial charge >= 0.3 is 5.97 Å². The minimum Gasteiger partial charge on any atom is -0.451 e. The van der Waals surface area contributed by atoms with E-state index < -0.39 is 29.9 Å². The molecule has 0 saturated carbocycles. The van der Waals surface area contributed by atoms with Crippen LogP contribution in [0.15, 0.2) is 48.5 Å². The number of Topliss-reactive ketones (excluding diaryl/α,β-unsaturated/α-hetero) is 1. The number of benzene rings is 2. The Balaban J connectivity index is 2.01. The van der Waals surface area contributed by atoms with Crippen molar-refractivity contribution in [1.82, 2.24) is 5.32 Å². The van der Waals surface area contributed by atoms with Gasteiger partial charge in [0.25, 0.3) is 11.8 Å². The van der Waals surface area contributed by atoms with Crippen molar-refractivity contribution in [2.24, 2.45) is 0 Å². The first-order valence-electron chi connectivity index (χ1n) is 9.89. The van der Waals surface area contributed by atoms with Crippen LogP contribution in [-0.2, 0) is 14.3 Å². The molecule has 9 heteroatoms. The number of carbonyl (C=O) groups excluding carboxylic acids is 4. The number of thioether (sulfide) groups is 1. The fourth-order valence-corrected chi connectivity index (χ4v) is 3.40. The van der Waals surface area contributed by atoms with E-state index in [2.05, 4.69) is 10.6 Å². The first-order chi connectivity index (χ1) is 15.2. The zero-order valence-corrected chi connectivity index (χ0v) is 19.6. The van der Waals surface area contributed by atoms with Crippen LogP contribution in [-0.4, -0.2) is 47.7 Å². The molecule has 0 heterocycles. The van der Waals surface area contributed by atoms with Gasteiger partial charge in [-0.15, -0.1) is 0 Å². The van der Waals surface area contributed by atoms with E-state index in [9.17, 15) is 19.2 Å². The van der Waals surface area contributed by atoms with Gasteiger partial charge < -0.3 is 15.4 Å². The van der Waals surface area contributed by atoms with Gasteiger partial charge in [0.2, 0.25) is 0 Å². The van der Waals surface area contributed by atoms with E-state index in [1.165, 1.54) is 25.6 Å². The number of carbonyl (C=O) groups is 4. The molecule has 2 aromatic carbocycles. The van der Waals surface area contributed by atoms with Crippen LogP contribution >= 0.6 is 23.4 Å². The second kappa shape index (κ2) is 12.3. The summed E-state index contributed by atoms with van der Waals surface area (Å²) in [5, 5.41) is 5.55. The van der Waals surface area contributed by atoms with Crippen molar-refractivity contribution in [1.29, 1.82) is 0 Å². The first-order valence-corrected chi connectivity index (χ1v) is 11.7. The number of ether oxygens (including phenoxy) is 1. The molecule has 7 nitrogen and oxygen atoms in total. The average Bonchev–Trinajstić information content (AvgIpc) is 2.76. The third-order valence-corrected chi connectivity index (χ3v) is 5.51. The van der Waals surface area contributed by atoms with Crippen LogP contribution in [0.25, 0.3) is 0 Å². The maximum Gasteiger partial charge on any atom is 0.329 e. The lowest BCUT2D eigenvalue weighted by Crippen LogP contribution is -2.44. The summed E-state index contributed by atoms with van der Waals surface area (Å²) in [6.45, 7) is 2.89. The third kappa shape index (κ3) is 7.39. The number of esters is 1. The van der Waals surface area contributed by atoms with E-state index in [0.717, 1.165) is 0 Å². The van der Waals surface area contributed by atoms with Crippen molar-refractivity contribution in [3.63, 3.8) is 0 Å². The Morgan fingerprint density at radius 2 is 1.72 bits per heavy atom. The topological polar surface area (TPSA) is 102 Å². The number of hydrogen-bond acceptors (Lipinski definition) is 6. The molecular weight excluding hydrogens is 452 g/mol. The summed E-state index contributed by atoms with van der Waals surface area (Å²) in [6, 6.07) is 12.0. The molecule has 0 bridgehead atoms. The molecule has 0 aliphatic carbocycles. The monoisotopic (exact) mass is 476 g/mol. The van der Waals surface area contributed by atoms with Crippen molar-refractivity contribution >= 4 is 52.6 Å². The van der Waals surface area contributed by atoms with Gasteiger partial charge in [0, 0.05) is 11.3 Å². The number of ketones is 1. The molecule has 0 radical (unpaired) electrons. The smallest absolute Gasteiger partial charge is 0.329 e. The van der Waals surface area contributed by atoms with E-state index >= 15 is 0 Å². The molecule has 2 unspecified atom stereocenters. The quantitative estimate of drug-likeness (QED) is 0.397. The highest BCUT2D eigenvalue weighted by molar-refractivity contribution is 7.98.